The smallest absolute Gasteiger partial charge is 0.371 e. The topological polar surface area (TPSA) is 87.2 Å². The quantitative estimate of drug-likeness (QED) is 0.888. The zero-order valence-electron chi connectivity index (χ0n) is 11.6. The normalized spacial score (nSPS) is 22.1. The summed E-state index contributed by atoms with van der Waals surface area (Å²) in [7, 11) is -4.84. The maximum absolute atomic E-state index is 12.6. The van der Waals surface area contributed by atoms with Gasteiger partial charge < -0.3 is 10.6 Å². The molecule has 0 aliphatic carbocycles. The first-order valence-corrected chi connectivity index (χ1v) is 8.18. The molecule has 2 rings (SSSR count). The molecule has 1 saturated heterocycles. The molecule has 3 N–H and O–H groups in total. The first kappa shape index (κ1) is 16.6. The maximum atomic E-state index is 12.6. The first-order chi connectivity index (χ1) is 10.1. The molecule has 1 aliphatic rings. The van der Waals surface area contributed by atoms with Gasteiger partial charge in [-0.15, -0.1) is 0 Å². The van der Waals surface area contributed by atoms with Gasteiger partial charge >= 0.3 is 5.51 Å². The highest BCUT2D eigenvalue weighted by molar-refractivity contribution is 7.93. The van der Waals surface area contributed by atoms with E-state index in [0.29, 0.717) is 25.2 Å². The second-order valence-electron chi connectivity index (χ2n) is 5.18. The summed E-state index contributed by atoms with van der Waals surface area (Å²) in [5.74, 6) is -0.684. The van der Waals surface area contributed by atoms with Crippen LogP contribution < -0.4 is 10.6 Å². The maximum Gasteiger partial charge on any atom is 0.483 e. The molecule has 5 nitrogen and oxygen atoms in total. The Morgan fingerprint density at radius 2 is 1.91 bits per heavy atom. The van der Waals surface area contributed by atoms with Crippen LogP contribution in [0.2, 0.25) is 0 Å². The molecule has 1 amide bonds. The molecule has 1 aromatic carbocycles. The Morgan fingerprint density at radius 3 is 2.41 bits per heavy atom. The van der Waals surface area contributed by atoms with E-state index >= 15 is 0 Å². The Labute approximate surface area is 126 Å². The fourth-order valence-electron chi connectivity index (χ4n) is 2.43. The number of primary amides is 1. The summed E-state index contributed by atoms with van der Waals surface area (Å²) in [4.78, 5) is 12.5. The van der Waals surface area contributed by atoms with Crippen LogP contribution >= 0.6 is 0 Å². The molecule has 0 spiro atoms. The largest absolute Gasteiger partial charge is 0.483 e. The molecule has 0 bridgehead atoms. The van der Waals surface area contributed by atoms with E-state index in [0.717, 1.165) is 18.6 Å². The van der Waals surface area contributed by atoms with Crippen LogP contribution in [0.4, 0.5) is 18.9 Å². The molecule has 1 heterocycles. The number of carbonyl (C=O) groups excluding carboxylic acids is 1. The summed E-state index contributed by atoms with van der Waals surface area (Å²) >= 11 is 0. The lowest BCUT2D eigenvalue weighted by Gasteiger charge is -2.33. The van der Waals surface area contributed by atoms with Gasteiger partial charge in [0.15, 0.2) is 9.73 Å². The summed E-state index contributed by atoms with van der Waals surface area (Å²) in [5.41, 5.74) is 0.800. The molecule has 9 heteroatoms. The van der Waals surface area contributed by atoms with Crippen LogP contribution in [0, 0.1) is 10.7 Å². The van der Waals surface area contributed by atoms with Crippen LogP contribution in [-0.4, -0.2) is 28.7 Å². The summed E-state index contributed by atoms with van der Waals surface area (Å²) < 4.78 is 56.3. The van der Waals surface area contributed by atoms with Crippen molar-refractivity contribution in [2.24, 2.45) is 11.7 Å². The van der Waals surface area contributed by atoms with Gasteiger partial charge in [-0.05, 0) is 37.1 Å². The number of carbonyl (C=O) groups is 1. The van der Waals surface area contributed by atoms with Gasteiger partial charge in [0.2, 0.25) is 5.91 Å². The van der Waals surface area contributed by atoms with Crippen molar-refractivity contribution in [3.63, 3.8) is 0 Å². The Kier molecular flexibility index (Phi) is 4.37. The number of benzene rings is 1. The van der Waals surface area contributed by atoms with Gasteiger partial charge in [0.25, 0.3) is 0 Å². The van der Waals surface area contributed by atoms with Crippen LogP contribution in [0.1, 0.15) is 12.8 Å². The molecule has 1 aromatic rings. The van der Waals surface area contributed by atoms with Crippen LogP contribution in [-0.2, 0) is 14.5 Å². The highest BCUT2D eigenvalue weighted by Crippen LogP contribution is 2.32. The number of nitrogens with zero attached hydrogens (tertiary/aromatic N) is 1. The van der Waals surface area contributed by atoms with Crippen molar-refractivity contribution in [3.8, 4) is 0 Å². The van der Waals surface area contributed by atoms with Gasteiger partial charge in [-0.1, -0.05) is 0 Å². The average Bonchev–Trinajstić information content (AvgIpc) is 2.46. The summed E-state index contributed by atoms with van der Waals surface area (Å²) in [6.45, 7) is 1.07. The van der Waals surface area contributed by atoms with Crippen molar-refractivity contribution in [2.75, 3.05) is 18.0 Å². The zero-order chi connectivity index (χ0) is 16.5. The van der Waals surface area contributed by atoms with Gasteiger partial charge in [0.1, 0.15) is 0 Å². The lowest BCUT2D eigenvalue weighted by molar-refractivity contribution is -0.122. The van der Waals surface area contributed by atoms with E-state index in [1.807, 2.05) is 4.90 Å². The van der Waals surface area contributed by atoms with Crippen molar-refractivity contribution in [3.05, 3.63) is 24.3 Å². The third kappa shape index (κ3) is 3.18. The van der Waals surface area contributed by atoms with Crippen molar-refractivity contribution in [1.29, 1.82) is 4.78 Å². The molecule has 0 aromatic heterocycles. The molecule has 0 unspecified atom stereocenters. The number of amides is 1. The number of nitrogens with one attached hydrogen (secondary N) is 1. The van der Waals surface area contributed by atoms with E-state index in [9.17, 15) is 22.2 Å². The highest BCUT2D eigenvalue weighted by atomic mass is 32.2. The molecule has 122 valence electrons. The van der Waals surface area contributed by atoms with E-state index in [4.69, 9.17) is 10.5 Å². The monoisotopic (exact) mass is 335 g/mol. The van der Waals surface area contributed by atoms with E-state index < -0.39 is 26.0 Å². The number of nitrogens with two attached hydrogens (primary N) is 1. The number of halogens is 3. The highest BCUT2D eigenvalue weighted by Gasteiger charge is 2.43. The SMILES string of the molecule is N=[S@](=O)(c1ccc(N2CCC[C@@H](C(N)=O)C2)cc1)C(F)(F)F. The first-order valence-electron chi connectivity index (χ1n) is 6.62. The van der Waals surface area contributed by atoms with E-state index in [1.165, 1.54) is 12.1 Å². The Balaban J connectivity index is 2.21. The number of piperidine rings is 1. The molecule has 1 fully saturated rings. The second kappa shape index (κ2) is 5.79. The van der Waals surface area contributed by atoms with Gasteiger partial charge in [-0.3, -0.25) is 4.79 Å². The van der Waals surface area contributed by atoms with Crippen LogP contribution in [0.15, 0.2) is 29.2 Å². The van der Waals surface area contributed by atoms with Crippen LogP contribution in [0.5, 0.6) is 0 Å². The predicted octanol–water partition coefficient (Wildman–Crippen LogP) is 2.31. The molecular weight excluding hydrogens is 319 g/mol. The average molecular weight is 335 g/mol. The van der Waals surface area contributed by atoms with Crippen LogP contribution in [0.25, 0.3) is 0 Å². The number of alkyl halides is 3. The molecule has 0 saturated carbocycles. The molecule has 2 atom stereocenters. The minimum Gasteiger partial charge on any atom is -0.371 e. The minimum absolute atomic E-state index is 0.288. The number of hydrogen-bond donors (Lipinski definition) is 2. The Morgan fingerprint density at radius 1 is 1.32 bits per heavy atom. The molecule has 22 heavy (non-hydrogen) atoms. The van der Waals surface area contributed by atoms with Crippen molar-refractivity contribution in [1.82, 2.24) is 0 Å². The number of anilines is 1. The minimum atomic E-state index is -5.10. The van der Waals surface area contributed by atoms with Gasteiger partial charge in [0, 0.05) is 18.8 Å². The molecule has 1 aliphatic heterocycles. The van der Waals surface area contributed by atoms with E-state index in [-0.39, 0.29) is 5.92 Å². The summed E-state index contributed by atoms with van der Waals surface area (Å²) in [6.07, 6.45) is 1.45. The van der Waals surface area contributed by atoms with Crippen LogP contribution in [0.3, 0.4) is 0 Å². The third-order valence-electron chi connectivity index (χ3n) is 3.68. The van der Waals surface area contributed by atoms with Gasteiger partial charge in [-0.2, -0.15) is 13.2 Å². The zero-order valence-corrected chi connectivity index (χ0v) is 12.4. The molecular formula is C13H16F3N3O2S. The standard InChI is InChI=1S/C13H16F3N3O2S/c14-13(15,16)22(18,21)11-5-3-10(4-6-11)19-7-1-2-9(8-19)12(17)20/h3-6,9,18H,1-2,7-8H2,(H2,17,20)/t9-,22+/m1/s1. The number of hydrogen-bond acceptors (Lipinski definition) is 4. The third-order valence-corrected chi connectivity index (χ3v) is 5.27. The summed E-state index contributed by atoms with van der Waals surface area (Å²) in [5, 5.41) is 0. The van der Waals surface area contributed by atoms with Gasteiger partial charge in [-0.25, -0.2) is 8.99 Å². The lowest BCUT2D eigenvalue weighted by Crippen LogP contribution is -2.41. The van der Waals surface area contributed by atoms with E-state index in [1.54, 1.807) is 0 Å². The van der Waals surface area contributed by atoms with Gasteiger partial charge in [0.05, 0.1) is 10.8 Å². The van der Waals surface area contributed by atoms with E-state index in [2.05, 4.69) is 0 Å². The van der Waals surface area contributed by atoms with Crippen molar-refractivity contribution < 1.29 is 22.2 Å². The lowest BCUT2D eigenvalue weighted by atomic mass is 9.97. The molecule has 0 radical (unpaired) electrons. The Hall–Kier alpha value is -1.77. The summed E-state index contributed by atoms with van der Waals surface area (Å²) in [6, 6.07) is 4.87. The van der Waals surface area contributed by atoms with Crippen molar-refractivity contribution >= 4 is 21.3 Å². The second-order valence-corrected chi connectivity index (χ2v) is 7.23. The number of rotatable bonds is 3. The Bertz CT molecular complexity index is 656. The fraction of sp³-hybridized carbons (Fsp3) is 0.462. The predicted molar refractivity (Wildman–Crippen MR) is 75.8 cm³/mol. The van der Waals surface area contributed by atoms with Crippen molar-refractivity contribution in [2.45, 2.75) is 23.2 Å². The fourth-order valence-corrected chi connectivity index (χ4v) is 3.21.